The van der Waals surface area contributed by atoms with Gasteiger partial charge in [0, 0.05) is 31.3 Å². The second kappa shape index (κ2) is 6.41. The van der Waals surface area contributed by atoms with Crippen LogP contribution in [0.3, 0.4) is 0 Å². The Morgan fingerprint density at radius 1 is 1.30 bits per heavy atom. The molecule has 116 valence electrons. The highest BCUT2D eigenvalue weighted by molar-refractivity contribution is 6.29. The standard InChI is InChI=1S/C14H11ClN6O2/c15-11-3-2-9(6-16-11)7-17-12(22)10-8-18-14(20-13(10)23)21-5-1-4-19-21/h1-6,8H,7H2,(H,17,22)(H,18,20,23). The summed E-state index contributed by atoms with van der Waals surface area (Å²) in [6, 6.07) is 5.05. The van der Waals surface area contributed by atoms with Gasteiger partial charge in [-0.15, -0.1) is 0 Å². The predicted octanol–water partition coefficient (Wildman–Crippen LogP) is 0.934. The van der Waals surface area contributed by atoms with Crippen molar-refractivity contribution >= 4 is 17.5 Å². The first-order valence-electron chi connectivity index (χ1n) is 6.61. The summed E-state index contributed by atoms with van der Waals surface area (Å²) in [5, 5.41) is 6.95. The first kappa shape index (κ1) is 14.9. The SMILES string of the molecule is O=C(NCc1ccc(Cl)nc1)c1cnc(-n2cccn2)[nH]c1=O. The smallest absolute Gasteiger partial charge is 0.265 e. The van der Waals surface area contributed by atoms with Crippen molar-refractivity contribution < 1.29 is 4.79 Å². The molecule has 0 aliphatic carbocycles. The summed E-state index contributed by atoms with van der Waals surface area (Å²) in [5.41, 5.74) is 0.139. The third-order valence-electron chi connectivity index (χ3n) is 2.99. The van der Waals surface area contributed by atoms with E-state index >= 15 is 0 Å². The van der Waals surface area contributed by atoms with E-state index < -0.39 is 11.5 Å². The fourth-order valence-electron chi connectivity index (χ4n) is 1.85. The molecular weight excluding hydrogens is 320 g/mol. The minimum Gasteiger partial charge on any atom is -0.348 e. The number of H-pyrrole nitrogens is 1. The molecule has 0 spiro atoms. The van der Waals surface area contributed by atoms with Gasteiger partial charge in [0.15, 0.2) is 0 Å². The van der Waals surface area contributed by atoms with Crippen LogP contribution in [0, 0.1) is 0 Å². The van der Waals surface area contributed by atoms with Crippen molar-refractivity contribution in [1.82, 2.24) is 30.0 Å². The van der Waals surface area contributed by atoms with E-state index in [0.717, 1.165) is 5.56 Å². The largest absolute Gasteiger partial charge is 0.348 e. The normalized spacial score (nSPS) is 10.5. The molecule has 8 nitrogen and oxygen atoms in total. The molecule has 9 heteroatoms. The van der Waals surface area contributed by atoms with E-state index in [4.69, 9.17) is 11.6 Å². The molecule has 2 N–H and O–H groups in total. The summed E-state index contributed by atoms with van der Waals surface area (Å²) < 4.78 is 1.39. The van der Waals surface area contributed by atoms with Crippen molar-refractivity contribution in [2.24, 2.45) is 0 Å². The Morgan fingerprint density at radius 2 is 2.17 bits per heavy atom. The van der Waals surface area contributed by atoms with E-state index in [2.05, 4.69) is 25.4 Å². The second-order valence-corrected chi connectivity index (χ2v) is 4.96. The maximum atomic E-state index is 12.1. The van der Waals surface area contributed by atoms with E-state index in [1.165, 1.54) is 10.9 Å². The Labute approximate surface area is 135 Å². The lowest BCUT2D eigenvalue weighted by molar-refractivity contribution is 0.0949. The van der Waals surface area contributed by atoms with Gasteiger partial charge in [0.1, 0.15) is 10.7 Å². The molecule has 3 aromatic heterocycles. The Kier molecular flexibility index (Phi) is 4.15. The van der Waals surface area contributed by atoms with Gasteiger partial charge >= 0.3 is 0 Å². The first-order chi connectivity index (χ1) is 11.1. The molecule has 3 rings (SSSR count). The topological polar surface area (TPSA) is 106 Å². The monoisotopic (exact) mass is 330 g/mol. The summed E-state index contributed by atoms with van der Waals surface area (Å²) in [6.45, 7) is 0.226. The van der Waals surface area contributed by atoms with E-state index in [-0.39, 0.29) is 18.1 Å². The molecule has 3 aromatic rings. The van der Waals surface area contributed by atoms with Crippen LogP contribution in [0.4, 0.5) is 0 Å². The van der Waals surface area contributed by atoms with E-state index in [1.54, 1.807) is 36.8 Å². The number of rotatable bonds is 4. The summed E-state index contributed by atoms with van der Waals surface area (Å²) in [4.78, 5) is 34.5. The third kappa shape index (κ3) is 3.43. The number of hydrogen-bond donors (Lipinski definition) is 2. The third-order valence-corrected chi connectivity index (χ3v) is 3.22. The average molecular weight is 331 g/mol. The molecule has 0 fully saturated rings. The number of pyridine rings is 1. The second-order valence-electron chi connectivity index (χ2n) is 4.57. The zero-order valence-electron chi connectivity index (χ0n) is 11.7. The van der Waals surface area contributed by atoms with Crippen molar-refractivity contribution in [2.45, 2.75) is 6.54 Å². The maximum absolute atomic E-state index is 12.1. The van der Waals surface area contributed by atoms with Crippen LogP contribution in [0.5, 0.6) is 0 Å². The zero-order valence-corrected chi connectivity index (χ0v) is 12.5. The van der Waals surface area contributed by atoms with Crippen molar-refractivity contribution in [1.29, 1.82) is 0 Å². The number of carbonyl (C=O) groups excluding carboxylic acids is 1. The van der Waals surface area contributed by atoms with Crippen molar-refractivity contribution in [2.75, 3.05) is 0 Å². The highest BCUT2D eigenvalue weighted by Gasteiger charge is 2.12. The van der Waals surface area contributed by atoms with Gasteiger partial charge in [-0.3, -0.25) is 14.6 Å². The number of aromatic amines is 1. The molecular formula is C14H11ClN6O2. The molecule has 1 amide bonds. The highest BCUT2D eigenvalue weighted by atomic mass is 35.5. The molecule has 0 saturated carbocycles. The number of aromatic nitrogens is 5. The van der Waals surface area contributed by atoms with Crippen molar-refractivity contribution in [3.63, 3.8) is 0 Å². The molecule has 0 aromatic carbocycles. The van der Waals surface area contributed by atoms with Gasteiger partial charge in [-0.25, -0.2) is 14.6 Å². The minimum atomic E-state index is -0.544. The summed E-state index contributed by atoms with van der Waals surface area (Å²) in [7, 11) is 0. The van der Waals surface area contributed by atoms with E-state index in [1.807, 2.05) is 0 Å². The van der Waals surface area contributed by atoms with Gasteiger partial charge in [-0.05, 0) is 17.7 Å². The lowest BCUT2D eigenvalue weighted by Crippen LogP contribution is -2.30. The number of amides is 1. The number of hydrogen-bond acceptors (Lipinski definition) is 5. The molecule has 0 aliphatic rings. The van der Waals surface area contributed by atoms with Gasteiger partial charge in [-0.2, -0.15) is 5.10 Å². The molecule has 0 bridgehead atoms. The van der Waals surface area contributed by atoms with Crippen LogP contribution in [0.1, 0.15) is 15.9 Å². The van der Waals surface area contributed by atoms with Crippen LogP contribution in [0.15, 0.2) is 47.8 Å². The first-order valence-corrected chi connectivity index (χ1v) is 6.99. The van der Waals surface area contributed by atoms with Crippen LogP contribution < -0.4 is 10.9 Å². The summed E-state index contributed by atoms with van der Waals surface area (Å²) in [6.07, 6.45) is 5.95. The molecule has 0 unspecified atom stereocenters. The lowest BCUT2D eigenvalue weighted by Gasteiger charge is -2.05. The van der Waals surface area contributed by atoms with Crippen LogP contribution in [-0.2, 0) is 6.54 Å². The fraction of sp³-hybridized carbons (Fsp3) is 0.0714. The van der Waals surface area contributed by atoms with Gasteiger partial charge < -0.3 is 5.32 Å². The Hall–Kier alpha value is -3.00. The summed E-state index contributed by atoms with van der Waals surface area (Å²) in [5.74, 6) is -0.292. The number of carbonyl (C=O) groups is 1. The number of nitrogens with zero attached hydrogens (tertiary/aromatic N) is 4. The zero-order chi connectivity index (χ0) is 16.2. The number of nitrogens with one attached hydrogen (secondary N) is 2. The maximum Gasteiger partial charge on any atom is 0.265 e. The summed E-state index contributed by atoms with van der Waals surface area (Å²) >= 11 is 5.69. The van der Waals surface area contributed by atoms with Gasteiger partial charge in [0.05, 0.1) is 0 Å². The molecule has 23 heavy (non-hydrogen) atoms. The highest BCUT2D eigenvalue weighted by Crippen LogP contribution is 2.05. The van der Waals surface area contributed by atoms with Crippen molar-refractivity contribution in [3.05, 3.63) is 69.6 Å². The average Bonchev–Trinajstić information content (AvgIpc) is 3.08. The molecule has 0 radical (unpaired) electrons. The molecule has 0 aliphatic heterocycles. The number of halogens is 1. The van der Waals surface area contributed by atoms with Gasteiger partial charge in [0.2, 0.25) is 5.95 Å². The lowest BCUT2D eigenvalue weighted by atomic mass is 10.2. The van der Waals surface area contributed by atoms with Crippen LogP contribution >= 0.6 is 11.6 Å². The van der Waals surface area contributed by atoms with Crippen LogP contribution in [0.25, 0.3) is 5.95 Å². The Balaban J connectivity index is 1.72. The minimum absolute atomic E-state index is 0.0807. The van der Waals surface area contributed by atoms with Gasteiger partial charge in [0.25, 0.3) is 11.5 Å². The Morgan fingerprint density at radius 3 is 2.83 bits per heavy atom. The van der Waals surface area contributed by atoms with E-state index in [9.17, 15) is 9.59 Å². The molecule has 0 atom stereocenters. The molecule has 3 heterocycles. The van der Waals surface area contributed by atoms with Crippen LogP contribution in [0.2, 0.25) is 5.15 Å². The molecule has 0 saturated heterocycles. The Bertz CT molecular complexity index is 873. The fourth-order valence-corrected chi connectivity index (χ4v) is 1.96. The van der Waals surface area contributed by atoms with E-state index in [0.29, 0.717) is 5.15 Å². The quantitative estimate of drug-likeness (QED) is 0.692. The van der Waals surface area contributed by atoms with Crippen molar-refractivity contribution in [3.8, 4) is 5.95 Å². The van der Waals surface area contributed by atoms with Gasteiger partial charge in [-0.1, -0.05) is 17.7 Å². The van der Waals surface area contributed by atoms with Crippen LogP contribution in [-0.4, -0.2) is 30.6 Å². The predicted molar refractivity (Wildman–Crippen MR) is 82.4 cm³/mol.